The van der Waals surface area contributed by atoms with E-state index in [2.05, 4.69) is 36.2 Å². The number of aliphatic imine (C=N–C) groups is 1. The molecule has 2 aromatic rings. The lowest BCUT2D eigenvalue weighted by molar-refractivity contribution is 0.183. The molecule has 0 saturated carbocycles. The highest BCUT2D eigenvalue weighted by Gasteiger charge is 2.34. The molecule has 2 aromatic carbocycles. The number of benzene rings is 2. The predicted octanol–water partition coefficient (Wildman–Crippen LogP) is 4.31. The topological polar surface area (TPSA) is 37.2 Å². The van der Waals surface area contributed by atoms with Crippen molar-refractivity contribution in [3.63, 3.8) is 0 Å². The molecule has 0 N–H and O–H groups in total. The van der Waals surface area contributed by atoms with Gasteiger partial charge in [0.05, 0.1) is 18.8 Å². The minimum absolute atomic E-state index is 0.167. The first-order valence-electron chi connectivity index (χ1n) is 8.62. The molecule has 0 aromatic heterocycles. The average Bonchev–Trinajstić information content (AvgIpc) is 3.30. The lowest BCUT2D eigenvalue weighted by Gasteiger charge is -2.17. The number of halogens is 1. The lowest BCUT2D eigenvalue weighted by Crippen LogP contribution is -2.27. The van der Waals surface area contributed by atoms with Crippen molar-refractivity contribution in [1.82, 2.24) is 5.01 Å². The smallest absolute Gasteiger partial charge is 0.308 e. The van der Waals surface area contributed by atoms with Crippen molar-refractivity contribution in [3.05, 3.63) is 70.7 Å². The molecule has 2 unspecified atom stereocenters. The normalized spacial score (nSPS) is 22.6. The van der Waals surface area contributed by atoms with E-state index in [1.54, 1.807) is 0 Å². The molecule has 2 aliphatic heterocycles. The minimum Gasteiger partial charge on any atom is -0.459 e. The van der Waals surface area contributed by atoms with Gasteiger partial charge in [0.15, 0.2) is 0 Å². The third-order valence-electron chi connectivity index (χ3n) is 4.63. The Bertz CT molecular complexity index is 801. The highest BCUT2D eigenvalue weighted by molar-refractivity contribution is 6.30. The van der Waals surface area contributed by atoms with Gasteiger partial charge in [-0.3, -0.25) is 0 Å². The van der Waals surface area contributed by atoms with Gasteiger partial charge in [-0.2, -0.15) is 5.10 Å². The number of hydrogen-bond acceptors (Lipinski definition) is 4. The number of amidine groups is 1. The van der Waals surface area contributed by atoms with E-state index < -0.39 is 0 Å². The summed E-state index contributed by atoms with van der Waals surface area (Å²) in [5.41, 5.74) is 3.34. The summed E-state index contributed by atoms with van der Waals surface area (Å²) < 4.78 is 5.93. The van der Waals surface area contributed by atoms with Crippen LogP contribution in [-0.2, 0) is 4.74 Å². The Morgan fingerprint density at radius 1 is 1.12 bits per heavy atom. The van der Waals surface area contributed by atoms with Crippen LogP contribution in [0.25, 0.3) is 0 Å². The summed E-state index contributed by atoms with van der Waals surface area (Å²) in [5.74, 6) is 0.175. The molecule has 0 fully saturated rings. The van der Waals surface area contributed by atoms with Crippen molar-refractivity contribution < 1.29 is 4.74 Å². The van der Waals surface area contributed by atoms with Gasteiger partial charge in [0, 0.05) is 10.9 Å². The predicted molar refractivity (Wildman–Crippen MR) is 101 cm³/mol. The summed E-state index contributed by atoms with van der Waals surface area (Å²) in [5, 5.41) is 7.47. The first-order chi connectivity index (χ1) is 12.2. The van der Waals surface area contributed by atoms with Crippen LogP contribution in [0.2, 0.25) is 5.02 Å². The van der Waals surface area contributed by atoms with Crippen LogP contribution in [0.15, 0.2) is 64.7 Å². The van der Waals surface area contributed by atoms with Crippen molar-refractivity contribution >= 4 is 23.3 Å². The zero-order valence-corrected chi connectivity index (χ0v) is 14.9. The van der Waals surface area contributed by atoms with Gasteiger partial charge in [0.25, 0.3) is 0 Å². The summed E-state index contributed by atoms with van der Waals surface area (Å²) >= 11 is 6.05. The maximum Gasteiger partial charge on any atom is 0.308 e. The maximum atomic E-state index is 6.05. The van der Waals surface area contributed by atoms with Gasteiger partial charge in [0.1, 0.15) is 6.10 Å². The number of hydrogen-bond donors (Lipinski definition) is 0. The SMILES string of the molecule is CCC1CN=C(N2CC(c3ccccc3)C(c3ccc(Cl)cc3)=N2)O1. The van der Waals surface area contributed by atoms with Gasteiger partial charge >= 0.3 is 6.02 Å². The molecule has 0 aliphatic carbocycles. The van der Waals surface area contributed by atoms with Crippen LogP contribution >= 0.6 is 11.6 Å². The van der Waals surface area contributed by atoms with Crippen LogP contribution < -0.4 is 0 Å². The molecule has 5 heteroatoms. The molecule has 4 rings (SSSR count). The minimum atomic E-state index is 0.167. The van der Waals surface area contributed by atoms with Gasteiger partial charge in [-0.15, -0.1) is 0 Å². The zero-order valence-electron chi connectivity index (χ0n) is 14.1. The Kier molecular flexibility index (Phi) is 4.45. The second-order valence-corrected chi connectivity index (χ2v) is 6.75. The van der Waals surface area contributed by atoms with Gasteiger partial charge in [-0.1, -0.05) is 61.0 Å². The van der Waals surface area contributed by atoms with Gasteiger partial charge in [0.2, 0.25) is 0 Å². The first kappa shape index (κ1) is 16.2. The van der Waals surface area contributed by atoms with Crippen molar-refractivity contribution in [2.24, 2.45) is 10.1 Å². The fraction of sp³-hybridized carbons (Fsp3) is 0.300. The van der Waals surface area contributed by atoms with Crippen LogP contribution in [0, 0.1) is 0 Å². The van der Waals surface area contributed by atoms with Gasteiger partial charge in [-0.05, 0) is 29.7 Å². The van der Waals surface area contributed by atoms with Crippen LogP contribution in [0.5, 0.6) is 0 Å². The fourth-order valence-corrected chi connectivity index (χ4v) is 3.33. The molecule has 2 aliphatic rings. The van der Waals surface area contributed by atoms with Crippen LogP contribution in [-0.4, -0.2) is 35.9 Å². The third kappa shape index (κ3) is 3.27. The number of nitrogens with zero attached hydrogens (tertiary/aromatic N) is 3. The van der Waals surface area contributed by atoms with E-state index >= 15 is 0 Å². The van der Waals surface area contributed by atoms with Crippen molar-refractivity contribution in [1.29, 1.82) is 0 Å². The monoisotopic (exact) mass is 353 g/mol. The average molecular weight is 354 g/mol. The Labute approximate surface area is 152 Å². The molecular formula is C20H20ClN3O. The summed E-state index contributed by atoms with van der Waals surface area (Å²) in [6.45, 7) is 3.56. The standard InChI is InChI=1S/C20H20ClN3O/c1-2-17-12-22-20(25-17)24-13-18(14-6-4-3-5-7-14)19(23-24)15-8-10-16(21)11-9-15/h3-11,17-18H,2,12-13H2,1H3. The van der Waals surface area contributed by atoms with E-state index in [4.69, 9.17) is 21.4 Å². The zero-order chi connectivity index (χ0) is 17.2. The third-order valence-corrected chi connectivity index (χ3v) is 4.89. The molecule has 0 spiro atoms. The summed E-state index contributed by atoms with van der Waals surface area (Å²) in [7, 11) is 0. The number of rotatable bonds is 3. The molecule has 2 atom stereocenters. The van der Waals surface area contributed by atoms with Gasteiger partial charge < -0.3 is 4.74 Å². The van der Waals surface area contributed by atoms with E-state index in [9.17, 15) is 0 Å². The van der Waals surface area contributed by atoms with E-state index in [1.165, 1.54) is 5.56 Å². The molecule has 0 amide bonds. The highest BCUT2D eigenvalue weighted by atomic mass is 35.5. The molecule has 0 saturated heterocycles. The second kappa shape index (κ2) is 6.89. The Hall–Kier alpha value is -2.33. The highest BCUT2D eigenvalue weighted by Crippen LogP contribution is 2.30. The van der Waals surface area contributed by atoms with E-state index in [1.807, 2.05) is 35.3 Å². The Balaban J connectivity index is 1.67. The Morgan fingerprint density at radius 3 is 2.56 bits per heavy atom. The van der Waals surface area contributed by atoms with E-state index in [-0.39, 0.29) is 12.0 Å². The molecule has 128 valence electrons. The van der Waals surface area contributed by atoms with Crippen molar-refractivity contribution in [2.75, 3.05) is 13.1 Å². The lowest BCUT2D eigenvalue weighted by atomic mass is 9.91. The van der Waals surface area contributed by atoms with E-state index in [0.29, 0.717) is 12.6 Å². The van der Waals surface area contributed by atoms with Crippen molar-refractivity contribution in [2.45, 2.75) is 25.4 Å². The molecule has 2 heterocycles. The maximum absolute atomic E-state index is 6.05. The summed E-state index contributed by atoms with van der Waals surface area (Å²) in [6, 6.07) is 18.9. The van der Waals surface area contributed by atoms with Crippen LogP contribution in [0.4, 0.5) is 0 Å². The molecule has 4 nitrogen and oxygen atoms in total. The van der Waals surface area contributed by atoms with Crippen LogP contribution in [0.3, 0.4) is 0 Å². The largest absolute Gasteiger partial charge is 0.459 e. The molecule has 25 heavy (non-hydrogen) atoms. The molecule has 0 radical (unpaired) electrons. The summed E-state index contributed by atoms with van der Waals surface area (Å²) in [4.78, 5) is 4.53. The fourth-order valence-electron chi connectivity index (χ4n) is 3.21. The second-order valence-electron chi connectivity index (χ2n) is 6.31. The number of ether oxygens (including phenoxy) is 1. The van der Waals surface area contributed by atoms with Crippen LogP contribution in [0.1, 0.15) is 30.4 Å². The van der Waals surface area contributed by atoms with E-state index in [0.717, 1.165) is 29.3 Å². The number of hydrazone groups is 1. The molecule has 0 bridgehead atoms. The van der Waals surface area contributed by atoms with Crippen molar-refractivity contribution in [3.8, 4) is 0 Å². The first-order valence-corrected chi connectivity index (χ1v) is 9.00. The Morgan fingerprint density at radius 2 is 1.88 bits per heavy atom. The van der Waals surface area contributed by atoms with Gasteiger partial charge in [-0.25, -0.2) is 10.0 Å². The molecular weight excluding hydrogens is 334 g/mol. The summed E-state index contributed by atoms with van der Waals surface area (Å²) in [6.07, 6.45) is 1.12. The quantitative estimate of drug-likeness (QED) is 0.824.